The van der Waals surface area contributed by atoms with Crippen LogP contribution in [-0.4, -0.2) is 45.9 Å². The number of phenolic OH excluding ortho intramolecular Hbond substituents is 1. The maximum absolute atomic E-state index is 9.30. The molecule has 0 saturated heterocycles. The van der Waals surface area contributed by atoms with Crippen LogP contribution in [0, 0.1) is 0 Å². The van der Waals surface area contributed by atoms with E-state index in [-0.39, 0.29) is 0 Å². The van der Waals surface area contributed by atoms with Crippen LogP contribution >= 0.6 is 0 Å². The zero-order valence-electron chi connectivity index (χ0n) is 14.7. The van der Waals surface area contributed by atoms with Crippen LogP contribution in [0.4, 0.5) is 0 Å². The van der Waals surface area contributed by atoms with Gasteiger partial charge in [-0.2, -0.15) is 5.10 Å². The molecule has 0 unspecified atom stereocenters. The molecule has 2 N–H and O–H groups in total. The second-order valence-electron chi connectivity index (χ2n) is 5.88. The number of nitrogens with zero attached hydrogens (tertiary/aromatic N) is 4. The second kappa shape index (κ2) is 8.96. The van der Waals surface area contributed by atoms with Gasteiger partial charge < -0.3 is 15.3 Å². The highest BCUT2D eigenvalue weighted by atomic mass is 16.3. The number of rotatable bonds is 7. The van der Waals surface area contributed by atoms with Crippen LogP contribution in [0.3, 0.4) is 0 Å². The highest BCUT2D eigenvalue weighted by molar-refractivity contribution is 5.79. The van der Waals surface area contributed by atoms with Gasteiger partial charge in [0.2, 0.25) is 0 Å². The average Bonchev–Trinajstić information content (AvgIpc) is 2.97. The van der Waals surface area contributed by atoms with Gasteiger partial charge in [-0.1, -0.05) is 12.1 Å². The minimum atomic E-state index is 0.309. The summed E-state index contributed by atoms with van der Waals surface area (Å²) in [6.45, 7) is 4.45. The smallest absolute Gasteiger partial charge is 0.193 e. The van der Waals surface area contributed by atoms with Gasteiger partial charge in [0.1, 0.15) is 5.75 Å². The van der Waals surface area contributed by atoms with Crippen molar-refractivity contribution in [3.05, 3.63) is 47.8 Å². The number of phenols is 1. The Morgan fingerprint density at radius 1 is 1.29 bits per heavy atom. The number of hydrogen-bond acceptors (Lipinski definition) is 3. The fourth-order valence-corrected chi connectivity index (χ4v) is 2.50. The van der Waals surface area contributed by atoms with E-state index in [0.717, 1.165) is 44.0 Å². The summed E-state index contributed by atoms with van der Waals surface area (Å²) in [5.41, 5.74) is 2.38. The molecule has 1 aromatic heterocycles. The van der Waals surface area contributed by atoms with E-state index in [1.165, 1.54) is 5.56 Å². The Balaban J connectivity index is 1.86. The van der Waals surface area contributed by atoms with E-state index in [9.17, 15) is 5.11 Å². The van der Waals surface area contributed by atoms with E-state index in [4.69, 9.17) is 4.99 Å². The topological polar surface area (TPSA) is 65.7 Å². The molecule has 0 amide bonds. The number of guanidine groups is 1. The minimum Gasteiger partial charge on any atom is -0.508 e. The van der Waals surface area contributed by atoms with E-state index in [2.05, 4.69) is 22.2 Å². The first-order chi connectivity index (χ1) is 11.6. The lowest BCUT2D eigenvalue weighted by molar-refractivity contribution is 0.475. The van der Waals surface area contributed by atoms with Crippen molar-refractivity contribution in [1.82, 2.24) is 20.0 Å². The lowest BCUT2D eigenvalue weighted by Gasteiger charge is -2.21. The third-order valence-electron chi connectivity index (χ3n) is 3.70. The van der Waals surface area contributed by atoms with Crippen molar-refractivity contribution in [3.8, 4) is 5.75 Å². The Hall–Kier alpha value is -2.50. The summed E-state index contributed by atoms with van der Waals surface area (Å²) in [6.07, 6.45) is 5.83. The number of aryl methyl sites for hydroxylation is 2. The third-order valence-corrected chi connectivity index (χ3v) is 3.70. The van der Waals surface area contributed by atoms with Crippen molar-refractivity contribution >= 4 is 5.96 Å². The van der Waals surface area contributed by atoms with Crippen molar-refractivity contribution in [2.45, 2.75) is 26.3 Å². The van der Waals surface area contributed by atoms with E-state index >= 15 is 0 Å². The Morgan fingerprint density at radius 2 is 2.04 bits per heavy atom. The van der Waals surface area contributed by atoms with Crippen molar-refractivity contribution < 1.29 is 5.11 Å². The SMILES string of the molecule is CCNC(=NCCCc1ccc(O)cc1)N(C)Cc1cnn(C)c1. The van der Waals surface area contributed by atoms with Gasteiger partial charge in [-0.3, -0.25) is 9.67 Å². The van der Waals surface area contributed by atoms with Crippen molar-refractivity contribution in [2.24, 2.45) is 12.0 Å². The summed E-state index contributed by atoms with van der Waals surface area (Å²) in [5, 5.41) is 16.8. The minimum absolute atomic E-state index is 0.309. The first-order valence-corrected chi connectivity index (χ1v) is 8.33. The maximum Gasteiger partial charge on any atom is 0.193 e. The van der Waals surface area contributed by atoms with E-state index in [0.29, 0.717) is 5.75 Å². The van der Waals surface area contributed by atoms with Gasteiger partial charge >= 0.3 is 0 Å². The highest BCUT2D eigenvalue weighted by Gasteiger charge is 2.07. The van der Waals surface area contributed by atoms with Gasteiger partial charge in [0.15, 0.2) is 5.96 Å². The van der Waals surface area contributed by atoms with Gasteiger partial charge in [-0.05, 0) is 37.5 Å². The van der Waals surface area contributed by atoms with Crippen molar-refractivity contribution in [1.29, 1.82) is 0 Å². The molecule has 0 aliphatic heterocycles. The Bertz CT molecular complexity index is 648. The molecule has 1 aromatic carbocycles. The number of aliphatic imine (C=N–C) groups is 1. The van der Waals surface area contributed by atoms with Crippen LogP contribution in [-0.2, 0) is 20.0 Å². The number of aromatic nitrogens is 2. The molecule has 0 fully saturated rings. The predicted molar refractivity (Wildman–Crippen MR) is 97.1 cm³/mol. The van der Waals surface area contributed by atoms with Gasteiger partial charge in [0.25, 0.3) is 0 Å². The maximum atomic E-state index is 9.30. The Kier molecular flexibility index (Phi) is 6.66. The molecule has 0 bridgehead atoms. The summed E-state index contributed by atoms with van der Waals surface area (Å²) < 4.78 is 1.81. The second-order valence-corrected chi connectivity index (χ2v) is 5.88. The summed E-state index contributed by atoms with van der Waals surface area (Å²) in [5.74, 6) is 1.22. The molecule has 0 saturated carbocycles. The summed E-state index contributed by atoms with van der Waals surface area (Å²) in [7, 11) is 3.96. The van der Waals surface area contributed by atoms with Crippen molar-refractivity contribution in [3.63, 3.8) is 0 Å². The van der Waals surface area contributed by atoms with Crippen LogP contribution in [0.2, 0.25) is 0 Å². The normalized spacial score (nSPS) is 11.5. The first kappa shape index (κ1) is 17.8. The largest absolute Gasteiger partial charge is 0.508 e. The summed E-state index contributed by atoms with van der Waals surface area (Å²) >= 11 is 0. The summed E-state index contributed by atoms with van der Waals surface area (Å²) in [6, 6.07) is 7.37. The van der Waals surface area contributed by atoms with E-state index in [1.54, 1.807) is 12.1 Å². The molecule has 0 aliphatic carbocycles. The quantitative estimate of drug-likeness (QED) is 0.464. The molecule has 6 nitrogen and oxygen atoms in total. The molecular weight excluding hydrogens is 302 g/mol. The van der Waals surface area contributed by atoms with Gasteiger partial charge in [0, 0.05) is 45.5 Å². The number of nitrogens with one attached hydrogen (secondary N) is 1. The van der Waals surface area contributed by atoms with Gasteiger partial charge in [-0.15, -0.1) is 0 Å². The predicted octanol–water partition coefficient (Wildman–Crippen LogP) is 2.16. The fourth-order valence-electron chi connectivity index (χ4n) is 2.50. The molecular formula is C18H27N5O. The molecule has 0 aliphatic rings. The molecule has 0 atom stereocenters. The van der Waals surface area contributed by atoms with Gasteiger partial charge in [0.05, 0.1) is 6.20 Å². The lowest BCUT2D eigenvalue weighted by Crippen LogP contribution is -2.38. The van der Waals surface area contributed by atoms with Crippen LogP contribution < -0.4 is 5.32 Å². The highest BCUT2D eigenvalue weighted by Crippen LogP contribution is 2.11. The molecule has 2 aromatic rings. The molecule has 24 heavy (non-hydrogen) atoms. The van der Waals surface area contributed by atoms with Crippen LogP contribution in [0.15, 0.2) is 41.7 Å². The van der Waals surface area contributed by atoms with E-state index in [1.807, 2.05) is 43.3 Å². The Labute approximate surface area is 143 Å². The zero-order valence-corrected chi connectivity index (χ0v) is 14.7. The molecule has 130 valence electrons. The average molecular weight is 329 g/mol. The lowest BCUT2D eigenvalue weighted by atomic mass is 10.1. The number of benzene rings is 1. The monoisotopic (exact) mass is 329 g/mol. The zero-order chi connectivity index (χ0) is 17.4. The van der Waals surface area contributed by atoms with Gasteiger partial charge in [-0.25, -0.2) is 0 Å². The molecule has 1 heterocycles. The molecule has 0 radical (unpaired) electrons. The van der Waals surface area contributed by atoms with E-state index < -0.39 is 0 Å². The van der Waals surface area contributed by atoms with Crippen LogP contribution in [0.1, 0.15) is 24.5 Å². The standard InChI is InChI=1S/C18H27N5O/c1-4-19-18(22(2)13-16-12-21-23(3)14-16)20-11-5-6-15-7-9-17(24)10-8-15/h7-10,12,14,24H,4-6,11,13H2,1-3H3,(H,19,20). The Morgan fingerprint density at radius 3 is 2.67 bits per heavy atom. The van der Waals surface area contributed by atoms with Crippen LogP contribution in [0.5, 0.6) is 5.75 Å². The fraction of sp³-hybridized carbons (Fsp3) is 0.444. The number of aromatic hydroxyl groups is 1. The number of hydrogen-bond donors (Lipinski definition) is 2. The van der Waals surface area contributed by atoms with Crippen LogP contribution in [0.25, 0.3) is 0 Å². The third kappa shape index (κ3) is 5.61. The molecule has 0 spiro atoms. The molecule has 6 heteroatoms. The van der Waals surface area contributed by atoms with Crippen molar-refractivity contribution in [2.75, 3.05) is 20.1 Å². The summed E-state index contributed by atoms with van der Waals surface area (Å²) in [4.78, 5) is 6.82. The molecule has 2 rings (SSSR count). The first-order valence-electron chi connectivity index (χ1n) is 8.33.